The van der Waals surface area contributed by atoms with E-state index in [-0.39, 0.29) is 17.3 Å². The van der Waals surface area contributed by atoms with Gasteiger partial charge in [-0.25, -0.2) is 0 Å². The molecule has 0 spiro atoms. The molecule has 1 aromatic carbocycles. The standard InChI is InChI=1S/C14H20N4O4/c1-15-14(19)10-8-12(18(20)21)13(22-3)9-11(10)17-6-4-16(2)5-7-17/h8-9H,4-7H2,1-3H3,(H,15,19). The van der Waals surface area contributed by atoms with Crippen LogP contribution in [0, 0.1) is 10.1 Å². The first-order chi connectivity index (χ1) is 10.5. The van der Waals surface area contributed by atoms with Crippen molar-refractivity contribution in [2.75, 3.05) is 52.3 Å². The minimum atomic E-state index is -0.543. The molecule has 2 rings (SSSR count). The molecule has 0 unspecified atom stereocenters. The molecule has 0 atom stereocenters. The Bertz CT molecular complexity index is 582. The monoisotopic (exact) mass is 308 g/mol. The summed E-state index contributed by atoms with van der Waals surface area (Å²) in [5.74, 6) is -0.189. The highest BCUT2D eigenvalue weighted by molar-refractivity contribution is 6.01. The van der Waals surface area contributed by atoms with E-state index in [1.165, 1.54) is 20.2 Å². The van der Waals surface area contributed by atoms with E-state index in [0.717, 1.165) is 26.2 Å². The summed E-state index contributed by atoms with van der Waals surface area (Å²) in [5, 5.41) is 13.7. The summed E-state index contributed by atoms with van der Waals surface area (Å²) >= 11 is 0. The molecule has 1 N–H and O–H groups in total. The zero-order valence-corrected chi connectivity index (χ0v) is 13.0. The van der Waals surface area contributed by atoms with Crippen LogP contribution in [-0.4, -0.2) is 63.1 Å². The molecule has 8 nitrogen and oxygen atoms in total. The fourth-order valence-electron chi connectivity index (χ4n) is 2.49. The van der Waals surface area contributed by atoms with Gasteiger partial charge in [0.15, 0.2) is 5.75 Å². The van der Waals surface area contributed by atoms with Gasteiger partial charge in [-0.05, 0) is 7.05 Å². The van der Waals surface area contributed by atoms with Gasteiger partial charge in [-0.15, -0.1) is 0 Å². The van der Waals surface area contributed by atoms with Crippen LogP contribution in [0.1, 0.15) is 10.4 Å². The molecular formula is C14H20N4O4. The normalized spacial score (nSPS) is 15.5. The molecule has 8 heteroatoms. The highest BCUT2D eigenvalue weighted by Gasteiger charge is 2.26. The number of nitro groups is 1. The van der Waals surface area contributed by atoms with Crippen LogP contribution in [0.4, 0.5) is 11.4 Å². The Morgan fingerprint density at radius 2 is 1.95 bits per heavy atom. The fraction of sp³-hybridized carbons (Fsp3) is 0.500. The van der Waals surface area contributed by atoms with E-state index in [2.05, 4.69) is 15.1 Å². The van der Waals surface area contributed by atoms with Crippen LogP contribution >= 0.6 is 0 Å². The highest BCUT2D eigenvalue weighted by Crippen LogP contribution is 2.35. The fourth-order valence-corrected chi connectivity index (χ4v) is 2.49. The molecule has 1 amide bonds. The summed E-state index contributed by atoms with van der Waals surface area (Å²) in [6, 6.07) is 2.86. The lowest BCUT2D eigenvalue weighted by atomic mass is 10.1. The number of nitrogens with one attached hydrogen (secondary N) is 1. The Labute approximate surface area is 128 Å². The number of hydrogen-bond acceptors (Lipinski definition) is 6. The summed E-state index contributed by atoms with van der Waals surface area (Å²) in [5.41, 5.74) is 0.744. The van der Waals surface area contributed by atoms with Crippen molar-refractivity contribution < 1.29 is 14.5 Å². The summed E-state index contributed by atoms with van der Waals surface area (Å²) in [7, 11) is 4.93. The van der Waals surface area contributed by atoms with Crippen LogP contribution in [-0.2, 0) is 0 Å². The molecule has 120 valence electrons. The van der Waals surface area contributed by atoms with Gasteiger partial charge >= 0.3 is 5.69 Å². The molecule has 1 fully saturated rings. The second-order valence-corrected chi connectivity index (χ2v) is 5.17. The van der Waals surface area contributed by atoms with Crippen molar-refractivity contribution >= 4 is 17.3 Å². The predicted molar refractivity (Wildman–Crippen MR) is 82.7 cm³/mol. The number of nitro benzene ring substituents is 1. The van der Waals surface area contributed by atoms with Crippen molar-refractivity contribution in [3.05, 3.63) is 27.8 Å². The van der Waals surface area contributed by atoms with Crippen molar-refractivity contribution in [3.63, 3.8) is 0 Å². The molecule has 0 bridgehead atoms. The van der Waals surface area contributed by atoms with Crippen molar-refractivity contribution in [1.29, 1.82) is 0 Å². The smallest absolute Gasteiger partial charge is 0.311 e. The van der Waals surface area contributed by atoms with Crippen molar-refractivity contribution in [2.45, 2.75) is 0 Å². The Hall–Kier alpha value is -2.35. The zero-order chi connectivity index (χ0) is 16.3. The van der Waals surface area contributed by atoms with Gasteiger partial charge in [-0.3, -0.25) is 14.9 Å². The van der Waals surface area contributed by atoms with Crippen LogP contribution in [0.15, 0.2) is 12.1 Å². The van der Waals surface area contributed by atoms with Gasteiger partial charge < -0.3 is 19.9 Å². The maximum absolute atomic E-state index is 12.1. The number of carbonyl (C=O) groups is 1. The largest absolute Gasteiger partial charge is 0.490 e. The summed E-state index contributed by atoms with van der Waals surface area (Å²) in [4.78, 5) is 27.0. The third kappa shape index (κ3) is 3.11. The molecule has 1 saturated heterocycles. The van der Waals surface area contributed by atoms with E-state index in [1.54, 1.807) is 6.07 Å². The van der Waals surface area contributed by atoms with Crippen LogP contribution in [0.3, 0.4) is 0 Å². The van der Waals surface area contributed by atoms with Gasteiger partial charge in [-0.2, -0.15) is 0 Å². The molecule has 0 aliphatic carbocycles. The van der Waals surface area contributed by atoms with Gasteiger partial charge in [0, 0.05) is 45.4 Å². The number of anilines is 1. The Kier molecular flexibility index (Phi) is 4.81. The van der Waals surface area contributed by atoms with Gasteiger partial charge in [0.2, 0.25) is 0 Å². The third-order valence-electron chi connectivity index (χ3n) is 3.81. The topological polar surface area (TPSA) is 87.9 Å². The van der Waals surface area contributed by atoms with Crippen LogP contribution in [0.25, 0.3) is 0 Å². The molecule has 0 aromatic heterocycles. The number of benzene rings is 1. The first-order valence-electron chi connectivity index (χ1n) is 7.00. The number of hydrogen-bond donors (Lipinski definition) is 1. The molecule has 1 heterocycles. The molecule has 0 saturated carbocycles. The number of rotatable bonds is 4. The number of likely N-dealkylation sites (N-methyl/N-ethyl adjacent to an activating group) is 1. The van der Waals surface area contributed by atoms with E-state index in [9.17, 15) is 14.9 Å². The third-order valence-corrected chi connectivity index (χ3v) is 3.81. The van der Waals surface area contributed by atoms with E-state index >= 15 is 0 Å². The summed E-state index contributed by atoms with van der Waals surface area (Å²) in [6.07, 6.45) is 0. The van der Waals surface area contributed by atoms with E-state index < -0.39 is 4.92 Å². The lowest BCUT2D eigenvalue weighted by Crippen LogP contribution is -2.45. The minimum absolute atomic E-state index is 0.159. The Morgan fingerprint density at radius 3 is 2.45 bits per heavy atom. The molecule has 0 radical (unpaired) electrons. The van der Waals surface area contributed by atoms with Crippen molar-refractivity contribution in [2.24, 2.45) is 0 Å². The molecular weight excluding hydrogens is 288 g/mol. The molecule has 1 aliphatic rings. The average molecular weight is 308 g/mol. The van der Waals surface area contributed by atoms with Gasteiger partial charge in [0.1, 0.15) is 0 Å². The number of methoxy groups -OCH3 is 1. The van der Waals surface area contributed by atoms with Gasteiger partial charge in [0.25, 0.3) is 5.91 Å². The lowest BCUT2D eigenvalue weighted by Gasteiger charge is -2.35. The van der Waals surface area contributed by atoms with Gasteiger partial charge in [0.05, 0.1) is 23.3 Å². The number of nitrogens with zero attached hydrogens (tertiary/aromatic N) is 3. The lowest BCUT2D eigenvalue weighted by molar-refractivity contribution is -0.385. The number of ether oxygens (including phenoxy) is 1. The van der Waals surface area contributed by atoms with E-state index in [4.69, 9.17) is 4.74 Å². The summed E-state index contributed by atoms with van der Waals surface area (Å²) < 4.78 is 5.12. The minimum Gasteiger partial charge on any atom is -0.490 e. The maximum Gasteiger partial charge on any atom is 0.311 e. The molecule has 22 heavy (non-hydrogen) atoms. The highest BCUT2D eigenvalue weighted by atomic mass is 16.6. The first-order valence-corrected chi connectivity index (χ1v) is 7.00. The quantitative estimate of drug-likeness (QED) is 0.651. The van der Waals surface area contributed by atoms with E-state index in [1.807, 2.05) is 7.05 Å². The SMILES string of the molecule is CNC(=O)c1cc([N+](=O)[O-])c(OC)cc1N1CCN(C)CC1. The first kappa shape index (κ1) is 16.0. The second-order valence-electron chi connectivity index (χ2n) is 5.17. The predicted octanol–water partition coefficient (Wildman–Crippen LogP) is 0.715. The summed E-state index contributed by atoms with van der Waals surface area (Å²) in [6.45, 7) is 3.24. The van der Waals surface area contributed by atoms with Crippen molar-refractivity contribution in [1.82, 2.24) is 10.2 Å². The van der Waals surface area contributed by atoms with Crippen LogP contribution in [0.5, 0.6) is 5.75 Å². The number of piperazine rings is 1. The number of carbonyl (C=O) groups excluding carboxylic acids is 1. The molecule has 1 aliphatic heterocycles. The van der Waals surface area contributed by atoms with E-state index in [0.29, 0.717) is 11.3 Å². The molecule has 1 aromatic rings. The van der Waals surface area contributed by atoms with Crippen LogP contribution < -0.4 is 15.0 Å². The van der Waals surface area contributed by atoms with Gasteiger partial charge in [-0.1, -0.05) is 0 Å². The second kappa shape index (κ2) is 6.61. The Balaban J connectivity index is 2.50. The maximum atomic E-state index is 12.1. The Morgan fingerprint density at radius 1 is 1.32 bits per heavy atom. The van der Waals surface area contributed by atoms with Crippen molar-refractivity contribution in [3.8, 4) is 5.75 Å². The average Bonchev–Trinajstić information content (AvgIpc) is 2.53. The number of amides is 1. The van der Waals surface area contributed by atoms with Crippen LogP contribution in [0.2, 0.25) is 0 Å². The zero-order valence-electron chi connectivity index (χ0n) is 13.0.